The molecule has 25 heavy (non-hydrogen) atoms. The van der Waals surface area contributed by atoms with Gasteiger partial charge in [-0.2, -0.15) is 0 Å². The summed E-state index contributed by atoms with van der Waals surface area (Å²) in [6.45, 7) is 3.00. The smallest absolute Gasteiger partial charge is 0.315 e. The number of anilines is 1. The van der Waals surface area contributed by atoms with E-state index in [1.54, 1.807) is 0 Å². The van der Waals surface area contributed by atoms with Gasteiger partial charge in [0.25, 0.3) is 0 Å². The van der Waals surface area contributed by atoms with Crippen LogP contribution in [0, 0.1) is 5.92 Å². The van der Waals surface area contributed by atoms with Crippen LogP contribution < -0.4 is 20.9 Å². The molecule has 0 radical (unpaired) electrons. The highest BCUT2D eigenvalue weighted by molar-refractivity contribution is 5.79. The number of para-hydroxylation sites is 1. The van der Waals surface area contributed by atoms with Crippen molar-refractivity contribution in [2.24, 2.45) is 5.92 Å². The molecule has 2 aliphatic rings. The summed E-state index contributed by atoms with van der Waals surface area (Å²) in [5, 5.41) is 8.85. The predicted octanol–water partition coefficient (Wildman–Crippen LogP) is 1.87. The molecule has 3 N–H and O–H groups in total. The molecule has 1 heterocycles. The molecule has 1 unspecified atom stereocenters. The van der Waals surface area contributed by atoms with Gasteiger partial charge in [-0.05, 0) is 37.8 Å². The number of benzene rings is 1. The van der Waals surface area contributed by atoms with Gasteiger partial charge in [-0.1, -0.05) is 24.6 Å². The van der Waals surface area contributed by atoms with Gasteiger partial charge < -0.3 is 20.9 Å². The van der Waals surface area contributed by atoms with Gasteiger partial charge in [-0.3, -0.25) is 4.79 Å². The van der Waals surface area contributed by atoms with Crippen molar-refractivity contribution in [1.29, 1.82) is 0 Å². The highest BCUT2D eigenvalue weighted by Crippen LogP contribution is 2.26. The van der Waals surface area contributed by atoms with Gasteiger partial charge in [0.1, 0.15) is 0 Å². The highest BCUT2D eigenvalue weighted by Gasteiger charge is 2.25. The van der Waals surface area contributed by atoms with Gasteiger partial charge in [-0.25, -0.2) is 4.79 Å². The average molecular weight is 344 g/mol. The lowest BCUT2D eigenvalue weighted by Gasteiger charge is -2.24. The normalized spacial score (nSPS) is 20.0. The van der Waals surface area contributed by atoms with E-state index >= 15 is 0 Å². The minimum Gasteiger partial charge on any atom is -0.369 e. The fourth-order valence-corrected chi connectivity index (χ4v) is 3.30. The van der Waals surface area contributed by atoms with Crippen LogP contribution in [0.15, 0.2) is 30.3 Å². The summed E-state index contributed by atoms with van der Waals surface area (Å²) in [6, 6.07) is 10.3. The van der Waals surface area contributed by atoms with E-state index in [-0.39, 0.29) is 23.9 Å². The first kappa shape index (κ1) is 17.6. The van der Waals surface area contributed by atoms with Crippen LogP contribution in [-0.4, -0.2) is 44.2 Å². The minimum atomic E-state index is -0.120. The van der Waals surface area contributed by atoms with E-state index < -0.39 is 0 Å². The Bertz CT molecular complexity index is 574. The maximum atomic E-state index is 12.0. The van der Waals surface area contributed by atoms with Crippen LogP contribution in [-0.2, 0) is 4.79 Å². The Hall–Kier alpha value is -2.24. The van der Waals surface area contributed by atoms with E-state index in [1.807, 2.05) is 18.2 Å². The number of hydrogen-bond acceptors (Lipinski definition) is 3. The van der Waals surface area contributed by atoms with Crippen LogP contribution in [0.5, 0.6) is 0 Å². The van der Waals surface area contributed by atoms with Crippen molar-refractivity contribution in [3.8, 4) is 0 Å². The lowest BCUT2D eigenvalue weighted by molar-refractivity contribution is -0.127. The Morgan fingerprint density at radius 1 is 1.04 bits per heavy atom. The highest BCUT2D eigenvalue weighted by atomic mass is 16.2. The Labute approximate surface area is 149 Å². The Morgan fingerprint density at radius 2 is 1.80 bits per heavy atom. The molecule has 6 nitrogen and oxygen atoms in total. The lowest BCUT2D eigenvalue weighted by Crippen LogP contribution is -2.44. The average Bonchev–Trinajstić information content (AvgIpc) is 3.02. The van der Waals surface area contributed by atoms with Crippen molar-refractivity contribution in [3.63, 3.8) is 0 Å². The van der Waals surface area contributed by atoms with E-state index in [4.69, 9.17) is 0 Å². The third-order valence-corrected chi connectivity index (χ3v) is 5.06. The summed E-state index contributed by atoms with van der Waals surface area (Å²) in [6.07, 6.45) is 4.93. The van der Waals surface area contributed by atoms with E-state index in [2.05, 4.69) is 33.0 Å². The van der Waals surface area contributed by atoms with Crippen molar-refractivity contribution in [3.05, 3.63) is 30.3 Å². The third kappa shape index (κ3) is 5.11. The molecule has 1 aromatic carbocycles. The number of nitrogens with zero attached hydrogens (tertiary/aromatic N) is 1. The van der Waals surface area contributed by atoms with Crippen LogP contribution >= 0.6 is 0 Å². The topological polar surface area (TPSA) is 73.5 Å². The number of hydrogen-bond donors (Lipinski definition) is 3. The summed E-state index contributed by atoms with van der Waals surface area (Å²) in [4.78, 5) is 26.0. The molecular formula is C19H28N4O2. The molecule has 1 saturated carbocycles. The largest absolute Gasteiger partial charge is 0.369 e. The molecular weight excluding hydrogens is 316 g/mol. The number of rotatable bonds is 7. The van der Waals surface area contributed by atoms with Crippen LogP contribution in [0.4, 0.5) is 10.5 Å². The summed E-state index contributed by atoms with van der Waals surface area (Å²) >= 11 is 0. The monoisotopic (exact) mass is 344 g/mol. The van der Waals surface area contributed by atoms with E-state index in [1.165, 1.54) is 12.1 Å². The number of carbonyl (C=O) groups excluding carboxylic acids is 2. The van der Waals surface area contributed by atoms with Gasteiger partial charge in [0, 0.05) is 43.8 Å². The number of nitrogens with one attached hydrogen (secondary N) is 3. The second-order valence-corrected chi connectivity index (χ2v) is 6.94. The Morgan fingerprint density at radius 3 is 2.52 bits per heavy atom. The molecule has 1 atom stereocenters. The van der Waals surface area contributed by atoms with Gasteiger partial charge >= 0.3 is 6.03 Å². The van der Waals surface area contributed by atoms with Gasteiger partial charge in [0.05, 0.1) is 0 Å². The first-order valence-corrected chi connectivity index (χ1v) is 9.34. The van der Waals surface area contributed by atoms with Gasteiger partial charge in [-0.15, -0.1) is 0 Å². The second kappa shape index (κ2) is 8.74. The van der Waals surface area contributed by atoms with E-state index in [9.17, 15) is 9.59 Å². The quantitative estimate of drug-likeness (QED) is 0.661. The van der Waals surface area contributed by atoms with Crippen molar-refractivity contribution < 1.29 is 9.59 Å². The van der Waals surface area contributed by atoms with Crippen molar-refractivity contribution >= 4 is 17.6 Å². The zero-order valence-electron chi connectivity index (χ0n) is 14.7. The minimum absolute atomic E-state index is 0.120. The maximum absolute atomic E-state index is 12.0. The first-order chi connectivity index (χ1) is 12.2. The van der Waals surface area contributed by atoms with Crippen LogP contribution in [0.1, 0.15) is 32.1 Å². The molecule has 2 fully saturated rings. The Balaban J connectivity index is 1.26. The molecule has 0 aromatic heterocycles. The molecule has 1 aliphatic carbocycles. The molecule has 0 spiro atoms. The Kier molecular flexibility index (Phi) is 6.14. The van der Waals surface area contributed by atoms with Crippen molar-refractivity contribution in [2.75, 3.05) is 31.1 Å². The summed E-state index contributed by atoms with van der Waals surface area (Å²) in [5.74, 6) is 0.397. The summed E-state index contributed by atoms with van der Waals surface area (Å²) in [7, 11) is 0. The zero-order chi connectivity index (χ0) is 17.5. The fraction of sp³-hybridized carbons (Fsp3) is 0.579. The molecule has 136 valence electrons. The summed E-state index contributed by atoms with van der Waals surface area (Å²) in [5.41, 5.74) is 1.20. The molecule has 1 aliphatic heterocycles. The van der Waals surface area contributed by atoms with Crippen LogP contribution in [0.3, 0.4) is 0 Å². The molecule has 1 aromatic rings. The predicted molar refractivity (Wildman–Crippen MR) is 98.6 cm³/mol. The molecule has 0 bridgehead atoms. The number of carbonyl (C=O) groups is 2. The summed E-state index contributed by atoms with van der Waals surface area (Å²) < 4.78 is 0. The number of amides is 3. The zero-order valence-corrected chi connectivity index (χ0v) is 14.7. The SMILES string of the molecule is O=C(NCCCNC(=O)C1CCC1)NC1CCN(c2ccccc2)C1. The van der Waals surface area contributed by atoms with Gasteiger partial charge in [0.2, 0.25) is 5.91 Å². The lowest BCUT2D eigenvalue weighted by atomic mass is 9.85. The van der Waals surface area contributed by atoms with E-state index in [0.29, 0.717) is 13.1 Å². The van der Waals surface area contributed by atoms with E-state index in [0.717, 1.165) is 38.8 Å². The first-order valence-electron chi connectivity index (χ1n) is 9.34. The standard InChI is InChI=1S/C19H28N4O2/c24-18(15-6-4-7-15)20-11-5-12-21-19(25)22-16-10-13-23(14-16)17-8-2-1-3-9-17/h1-3,8-9,15-16H,4-7,10-14H2,(H,20,24)(H2,21,22,25). The second-order valence-electron chi connectivity index (χ2n) is 6.94. The number of urea groups is 1. The molecule has 1 saturated heterocycles. The van der Waals surface area contributed by atoms with Crippen LogP contribution in [0.25, 0.3) is 0 Å². The van der Waals surface area contributed by atoms with Crippen molar-refractivity contribution in [2.45, 2.75) is 38.1 Å². The van der Waals surface area contributed by atoms with Crippen LogP contribution in [0.2, 0.25) is 0 Å². The van der Waals surface area contributed by atoms with Gasteiger partial charge in [0.15, 0.2) is 0 Å². The third-order valence-electron chi connectivity index (χ3n) is 5.06. The maximum Gasteiger partial charge on any atom is 0.315 e. The fourth-order valence-electron chi connectivity index (χ4n) is 3.30. The van der Waals surface area contributed by atoms with Crippen molar-refractivity contribution in [1.82, 2.24) is 16.0 Å². The molecule has 3 amide bonds. The molecule has 3 rings (SSSR count). The molecule has 6 heteroatoms.